The third kappa shape index (κ3) is 4.72. The van der Waals surface area contributed by atoms with E-state index >= 15 is 0 Å². The van der Waals surface area contributed by atoms with Crippen LogP contribution in [0.5, 0.6) is 0 Å². The molecule has 1 aliphatic rings. The summed E-state index contributed by atoms with van der Waals surface area (Å²) in [5.74, 6) is 0. The third-order valence-electron chi connectivity index (χ3n) is 2.98. The summed E-state index contributed by atoms with van der Waals surface area (Å²) in [7, 11) is 0. The van der Waals surface area contributed by atoms with Gasteiger partial charge in [0.1, 0.15) is 0 Å². The van der Waals surface area contributed by atoms with E-state index in [1.807, 2.05) is 18.2 Å². The average Bonchev–Trinajstić information content (AvgIpc) is 2.31. The van der Waals surface area contributed by atoms with Crippen molar-refractivity contribution in [1.82, 2.24) is 5.32 Å². The molecule has 0 bridgehead atoms. The zero-order valence-electron chi connectivity index (χ0n) is 11.2. The summed E-state index contributed by atoms with van der Waals surface area (Å²) in [4.78, 5) is 0. The predicted molar refractivity (Wildman–Crippen MR) is 80.6 cm³/mol. The van der Waals surface area contributed by atoms with Gasteiger partial charge in [0.05, 0.1) is 24.9 Å². The second kappa shape index (κ2) is 6.55. The van der Waals surface area contributed by atoms with Crippen LogP contribution in [0, 0.1) is 0 Å². The molecule has 1 fully saturated rings. The van der Waals surface area contributed by atoms with Crippen LogP contribution in [0.2, 0.25) is 5.02 Å². The SMILES string of the molecule is CC1(C)CNCC(COCc2ccc(Br)cc2Cl)O1. The summed E-state index contributed by atoms with van der Waals surface area (Å²) in [6.07, 6.45) is 0.0953. The van der Waals surface area contributed by atoms with Crippen molar-refractivity contribution in [2.45, 2.75) is 32.2 Å². The molecular weight excluding hydrogens is 330 g/mol. The minimum Gasteiger partial charge on any atom is -0.374 e. The second-order valence-corrected chi connectivity index (χ2v) is 6.70. The largest absolute Gasteiger partial charge is 0.374 e. The van der Waals surface area contributed by atoms with E-state index in [9.17, 15) is 0 Å². The molecular formula is C14H19BrClNO2. The van der Waals surface area contributed by atoms with Crippen molar-refractivity contribution in [3.63, 3.8) is 0 Å². The average molecular weight is 349 g/mol. The smallest absolute Gasteiger partial charge is 0.0940 e. The highest BCUT2D eigenvalue weighted by molar-refractivity contribution is 9.10. The molecule has 1 aromatic carbocycles. The van der Waals surface area contributed by atoms with Gasteiger partial charge in [0.2, 0.25) is 0 Å². The Labute approximate surface area is 127 Å². The van der Waals surface area contributed by atoms with Crippen LogP contribution in [0.4, 0.5) is 0 Å². The number of hydrogen-bond acceptors (Lipinski definition) is 3. The van der Waals surface area contributed by atoms with Crippen LogP contribution in [0.3, 0.4) is 0 Å². The van der Waals surface area contributed by atoms with E-state index in [0.29, 0.717) is 13.2 Å². The summed E-state index contributed by atoms with van der Waals surface area (Å²) in [5, 5.41) is 4.08. The number of rotatable bonds is 4. The Kier molecular flexibility index (Phi) is 5.26. The Morgan fingerprint density at radius 2 is 2.32 bits per heavy atom. The van der Waals surface area contributed by atoms with Gasteiger partial charge in [-0.05, 0) is 31.5 Å². The zero-order valence-corrected chi connectivity index (χ0v) is 13.6. The molecule has 1 saturated heterocycles. The maximum atomic E-state index is 6.14. The van der Waals surface area contributed by atoms with Gasteiger partial charge in [-0.25, -0.2) is 0 Å². The molecule has 19 heavy (non-hydrogen) atoms. The Hall–Kier alpha value is -0.130. The first kappa shape index (κ1) is 15.3. The topological polar surface area (TPSA) is 30.5 Å². The van der Waals surface area contributed by atoms with Gasteiger partial charge in [0.15, 0.2) is 0 Å². The van der Waals surface area contributed by atoms with Crippen molar-refractivity contribution < 1.29 is 9.47 Å². The van der Waals surface area contributed by atoms with Crippen LogP contribution >= 0.6 is 27.5 Å². The van der Waals surface area contributed by atoms with Gasteiger partial charge in [0.25, 0.3) is 0 Å². The van der Waals surface area contributed by atoms with Crippen molar-refractivity contribution in [1.29, 1.82) is 0 Å². The number of morpholine rings is 1. The predicted octanol–water partition coefficient (Wildman–Crippen LogP) is 3.39. The lowest BCUT2D eigenvalue weighted by atomic mass is 10.1. The molecule has 106 valence electrons. The number of nitrogens with one attached hydrogen (secondary N) is 1. The molecule has 3 nitrogen and oxygen atoms in total. The van der Waals surface area contributed by atoms with Crippen molar-refractivity contribution in [3.05, 3.63) is 33.3 Å². The van der Waals surface area contributed by atoms with Crippen molar-refractivity contribution in [2.75, 3.05) is 19.7 Å². The van der Waals surface area contributed by atoms with E-state index in [0.717, 1.165) is 28.1 Å². The molecule has 0 amide bonds. The fourth-order valence-electron chi connectivity index (χ4n) is 2.10. The fraction of sp³-hybridized carbons (Fsp3) is 0.571. The molecule has 1 aromatic rings. The van der Waals surface area contributed by atoms with Crippen molar-refractivity contribution in [2.24, 2.45) is 0 Å². The molecule has 0 saturated carbocycles. The molecule has 0 spiro atoms. The maximum absolute atomic E-state index is 6.14. The van der Waals surface area contributed by atoms with Gasteiger partial charge in [0, 0.05) is 22.6 Å². The van der Waals surface area contributed by atoms with E-state index in [-0.39, 0.29) is 11.7 Å². The number of halogens is 2. The first-order valence-electron chi connectivity index (χ1n) is 6.36. The summed E-state index contributed by atoms with van der Waals surface area (Å²) in [5.41, 5.74) is 0.870. The lowest BCUT2D eigenvalue weighted by Crippen LogP contribution is -2.51. The number of hydrogen-bond donors (Lipinski definition) is 1. The summed E-state index contributed by atoms with van der Waals surface area (Å²) in [6.45, 7) is 6.95. The molecule has 1 atom stereocenters. The molecule has 5 heteroatoms. The molecule has 1 aliphatic heterocycles. The van der Waals surface area contributed by atoms with Crippen molar-refractivity contribution >= 4 is 27.5 Å². The Morgan fingerprint density at radius 1 is 1.53 bits per heavy atom. The Morgan fingerprint density at radius 3 is 3.00 bits per heavy atom. The minimum absolute atomic E-state index is 0.0953. The molecule has 2 rings (SSSR count). The summed E-state index contributed by atoms with van der Waals surface area (Å²) < 4.78 is 12.6. The van der Waals surface area contributed by atoms with Crippen LogP contribution in [0.25, 0.3) is 0 Å². The van der Waals surface area contributed by atoms with Gasteiger partial charge in [-0.2, -0.15) is 0 Å². The van der Waals surface area contributed by atoms with Gasteiger partial charge in [-0.3, -0.25) is 0 Å². The Bertz CT molecular complexity index is 439. The molecule has 1 unspecified atom stereocenters. The first-order valence-corrected chi connectivity index (χ1v) is 7.53. The normalized spacial score (nSPS) is 22.4. The first-order chi connectivity index (χ1) is 8.96. The standard InChI is InChI=1S/C14H19BrClNO2/c1-14(2)9-17-6-12(19-14)8-18-7-10-3-4-11(15)5-13(10)16/h3-5,12,17H,6-9H2,1-2H3. The van der Waals surface area contributed by atoms with E-state index in [1.54, 1.807) is 0 Å². The highest BCUT2D eigenvalue weighted by Gasteiger charge is 2.28. The van der Waals surface area contributed by atoms with Gasteiger partial charge < -0.3 is 14.8 Å². The molecule has 0 aliphatic carbocycles. The molecule has 0 aromatic heterocycles. The quantitative estimate of drug-likeness (QED) is 0.905. The Balaban J connectivity index is 1.80. The lowest BCUT2D eigenvalue weighted by Gasteiger charge is -2.36. The summed E-state index contributed by atoms with van der Waals surface area (Å²) in [6, 6.07) is 5.81. The van der Waals surface area contributed by atoms with Crippen LogP contribution in [0.15, 0.2) is 22.7 Å². The highest BCUT2D eigenvalue weighted by Crippen LogP contribution is 2.22. The van der Waals surface area contributed by atoms with E-state index < -0.39 is 0 Å². The van der Waals surface area contributed by atoms with E-state index in [1.165, 1.54) is 0 Å². The third-order valence-corrected chi connectivity index (χ3v) is 3.83. The van der Waals surface area contributed by atoms with Gasteiger partial charge in [-0.15, -0.1) is 0 Å². The van der Waals surface area contributed by atoms with Crippen LogP contribution in [0.1, 0.15) is 19.4 Å². The number of benzene rings is 1. The molecule has 1 heterocycles. The second-order valence-electron chi connectivity index (χ2n) is 5.38. The lowest BCUT2D eigenvalue weighted by molar-refractivity contribution is -0.122. The van der Waals surface area contributed by atoms with E-state index in [4.69, 9.17) is 21.1 Å². The maximum Gasteiger partial charge on any atom is 0.0940 e. The van der Waals surface area contributed by atoms with Gasteiger partial charge in [-0.1, -0.05) is 33.6 Å². The monoisotopic (exact) mass is 347 g/mol. The summed E-state index contributed by atoms with van der Waals surface area (Å²) >= 11 is 9.53. The molecule has 1 N–H and O–H groups in total. The van der Waals surface area contributed by atoms with Crippen molar-refractivity contribution in [3.8, 4) is 0 Å². The molecule has 0 radical (unpaired) electrons. The van der Waals surface area contributed by atoms with Gasteiger partial charge >= 0.3 is 0 Å². The minimum atomic E-state index is -0.123. The number of ether oxygens (including phenoxy) is 2. The zero-order chi connectivity index (χ0) is 13.9. The van der Waals surface area contributed by atoms with Crippen LogP contribution in [-0.4, -0.2) is 31.4 Å². The fourth-order valence-corrected chi connectivity index (χ4v) is 2.83. The highest BCUT2D eigenvalue weighted by atomic mass is 79.9. The van der Waals surface area contributed by atoms with E-state index in [2.05, 4.69) is 35.1 Å². The van der Waals surface area contributed by atoms with Crippen LogP contribution < -0.4 is 5.32 Å². The van der Waals surface area contributed by atoms with Crippen LogP contribution in [-0.2, 0) is 16.1 Å².